The van der Waals surface area contributed by atoms with Crippen LogP contribution >= 0.6 is 0 Å². The summed E-state index contributed by atoms with van der Waals surface area (Å²) in [6.07, 6.45) is 0. The first kappa shape index (κ1) is 18.3. The topological polar surface area (TPSA) is 43.2 Å². The van der Waals surface area contributed by atoms with Gasteiger partial charge in [0.05, 0.1) is 0 Å². The van der Waals surface area contributed by atoms with Crippen LogP contribution in [0.15, 0.2) is 58.5 Å². The average Bonchev–Trinajstić information content (AvgIpc) is 3.17. The molecule has 0 fully saturated rings. The van der Waals surface area contributed by atoms with Gasteiger partial charge in [0.2, 0.25) is 0 Å². The van der Waals surface area contributed by atoms with Crippen LogP contribution in [0, 0.1) is 0 Å². The molecule has 0 saturated heterocycles. The predicted octanol–water partition coefficient (Wildman–Crippen LogP) is 2.45. The molecule has 0 spiro atoms. The third-order valence-electron chi connectivity index (χ3n) is 4.41. The number of hydrogen-bond acceptors (Lipinski definition) is 4. The number of ether oxygens (including phenoxy) is 2. The molecule has 0 bridgehead atoms. The van der Waals surface area contributed by atoms with Crippen molar-refractivity contribution in [2.24, 2.45) is 9.98 Å². The third kappa shape index (κ3) is 3.95. The Hall–Kier alpha value is -2.10. The Morgan fingerprint density at radius 3 is 1.48 bits per heavy atom. The van der Waals surface area contributed by atoms with Crippen molar-refractivity contribution < 1.29 is 9.47 Å². The van der Waals surface area contributed by atoms with E-state index in [1.54, 1.807) is 0 Å². The van der Waals surface area contributed by atoms with Gasteiger partial charge in [-0.25, -0.2) is 0 Å². The standard InChI is InChI=1S/C22H24N2O2Se/c1-21(2)13-23-19(25-21)15-9-5-7-11-17(15)27-18-12-8-6-10-16(18)20-24-14-22(3,4)26-20/h5-12H,13-14H2,1-4H3. The first-order valence-electron chi connectivity index (χ1n) is 9.17. The first-order chi connectivity index (χ1) is 12.8. The normalized spacial score (nSPS) is 19.9. The first-order valence-corrected chi connectivity index (χ1v) is 10.9. The van der Waals surface area contributed by atoms with Crippen molar-refractivity contribution >= 4 is 35.7 Å². The molecule has 27 heavy (non-hydrogen) atoms. The Morgan fingerprint density at radius 2 is 1.11 bits per heavy atom. The maximum absolute atomic E-state index is 6.08. The van der Waals surface area contributed by atoms with Gasteiger partial charge in [-0.05, 0) is 0 Å². The van der Waals surface area contributed by atoms with E-state index < -0.39 is 0 Å². The molecule has 0 unspecified atom stereocenters. The molecule has 2 heterocycles. The quantitative estimate of drug-likeness (QED) is 0.704. The van der Waals surface area contributed by atoms with Crippen LogP contribution in [0.1, 0.15) is 38.8 Å². The zero-order valence-electron chi connectivity index (χ0n) is 16.2. The van der Waals surface area contributed by atoms with E-state index in [0.29, 0.717) is 13.1 Å². The second-order valence-electron chi connectivity index (χ2n) is 8.06. The van der Waals surface area contributed by atoms with Crippen molar-refractivity contribution in [2.75, 3.05) is 13.1 Å². The summed E-state index contributed by atoms with van der Waals surface area (Å²) in [4.78, 5) is 9.27. The molecule has 0 radical (unpaired) electrons. The van der Waals surface area contributed by atoms with E-state index >= 15 is 0 Å². The molecule has 5 heteroatoms. The van der Waals surface area contributed by atoms with Crippen molar-refractivity contribution in [3.8, 4) is 0 Å². The van der Waals surface area contributed by atoms with E-state index in [1.165, 1.54) is 8.92 Å². The summed E-state index contributed by atoms with van der Waals surface area (Å²) in [5, 5.41) is 0. The number of aliphatic imine (C=N–C) groups is 2. The van der Waals surface area contributed by atoms with Gasteiger partial charge in [-0.2, -0.15) is 0 Å². The van der Waals surface area contributed by atoms with Crippen LogP contribution in [0.2, 0.25) is 0 Å². The fraction of sp³-hybridized carbons (Fsp3) is 0.364. The summed E-state index contributed by atoms with van der Waals surface area (Å²) in [6, 6.07) is 16.8. The van der Waals surface area contributed by atoms with Gasteiger partial charge in [0.25, 0.3) is 0 Å². The van der Waals surface area contributed by atoms with Gasteiger partial charge in [0, 0.05) is 0 Å². The van der Waals surface area contributed by atoms with Crippen LogP contribution in [-0.4, -0.2) is 51.0 Å². The van der Waals surface area contributed by atoms with E-state index in [4.69, 9.17) is 9.47 Å². The number of nitrogens with zero attached hydrogens (tertiary/aromatic N) is 2. The van der Waals surface area contributed by atoms with Crippen LogP contribution in [0.4, 0.5) is 0 Å². The average molecular weight is 427 g/mol. The van der Waals surface area contributed by atoms with Crippen molar-refractivity contribution in [3.05, 3.63) is 59.7 Å². The second kappa shape index (κ2) is 6.81. The van der Waals surface area contributed by atoms with E-state index in [1.807, 2.05) is 12.1 Å². The molecule has 2 aromatic rings. The molecule has 4 nitrogen and oxygen atoms in total. The van der Waals surface area contributed by atoms with Crippen molar-refractivity contribution in [3.63, 3.8) is 0 Å². The summed E-state index contributed by atoms with van der Waals surface area (Å²) in [5.74, 6) is 1.51. The van der Waals surface area contributed by atoms with Crippen LogP contribution in [0.3, 0.4) is 0 Å². The third-order valence-corrected chi connectivity index (χ3v) is 6.82. The Labute approximate surface area is 166 Å². The van der Waals surface area contributed by atoms with Crippen molar-refractivity contribution in [1.29, 1.82) is 0 Å². The van der Waals surface area contributed by atoms with E-state index in [-0.39, 0.29) is 26.2 Å². The predicted molar refractivity (Wildman–Crippen MR) is 111 cm³/mol. The summed E-state index contributed by atoms with van der Waals surface area (Å²) >= 11 is 0.0877. The molecule has 0 aromatic heterocycles. The molecule has 2 aliphatic rings. The Balaban J connectivity index is 1.65. The molecule has 0 saturated carbocycles. The number of benzene rings is 2. The van der Waals surface area contributed by atoms with Crippen LogP contribution in [0.25, 0.3) is 0 Å². The minimum atomic E-state index is -0.231. The molecule has 2 aliphatic heterocycles. The zero-order chi connectivity index (χ0) is 19.1. The van der Waals surface area contributed by atoms with Gasteiger partial charge in [-0.3, -0.25) is 0 Å². The minimum absolute atomic E-state index is 0.0877. The van der Waals surface area contributed by atoms with Gasteiger partial charge in [0.1, 0.15) is 0 Å². The SMILES string of the molecule is CC1(C)CN=C(c2ccccc2[Se]c2ccccc2C2=NCC(C)(C)O2)O1. The molecule has 4 rings (SSSR count). The fourth-order valence-corrected chi connectivity index (χ4v) is 5.27. The van der Waals surface area contributed by atoms with Gasteiger partial charge in [-0.1, -0.05) is 0 Å². The molecule has 0 aliphatic carbocycles. The molecular formula is C22H24N2O2Se. The van der Waals surface area contributed by atoms with E-state index in [9.17, 15) is 0 Å². The molecule has 2 aromatic carbocycles. The zero-order valence-corrected chi connectivity index (χ0v) is 17.9. The van der Waals surface area contributed by atoms with Gasteiger partial charge in [0.15, 0.2) is 0 Å². The van der Waals surface area contributed by atoms with Crippen molar-refractivity contribution in [1.82, 2.24) is 0 Å². The Morgan fingerprint density at radius 1 is 0.704 bits per heavy atom. The Bertz CT molecular complexity index is 856. The summed E-state index contributed by atoms with van der Waals surface area (Å²) in [6.45, 7) is 9.68. The number of rotatable bonds is 4. The van der Waals surface area contributed by atoms with Gasteiger partial charge >= 0.3 is 167 Å². The van der Waals surface area contributed by atoms with E-state index in [0.717, 1.165) is 22.9 Å². The molecular weight excluding hydrogens is 403 g/mol. The van der Waals surface area contributed by atoms with E-state index in [2.05, 4.69) is 74.1 Å². The van der Waals surface area contributed by atoms with Crippen LogP contribution < -0.4 is 8.92 Å². The molecule has 0 atom stereocenters. The van der Waals surface area contributed by atoms with Crippen LogP contribution in [0.5, 0.6) is 0 Å². The summed E-state index contributed by atoms with van der Waals surface area (Å²) < 4.78 is 14.7. The van der Waals surface area contributed by atoms with Gasteiger partial charge < -0.3 is 0 Å². The maximum atomic E-state index is 6.08. The van der Waals surface area contributed by atoms with Crippen LogP contribution in [-0.2, 0) is 9.47 Å². The second-order valence-corrected chi connectivity index (χ2v) is 10.3. The number of hydrogen-bond donors (Lipinski definition) is 0. The monoisotopic (exact) mass is 428 g/mol. The fourth-order valence-electron chi connectivity index (χ4n) is 3.04. The van der Waals surface area contributed by atoms with Crippen molar-refractivity contribution in [2.45, 2.75) is 38.9 Å². The Kier molecular flexibility index (Phi) is 4.61. The van der Waals surface area contributed by atoms with Gasteiger partial charge in [-0.15, -0.1) is 0 Å². The molecule has 0 amide bonds. The molecule has 140 valence electrons. The summed E-state index contributed by atoms with van der Waals surface area (Å²) in [5.41, 5.74) is 1.72. The molecule has 0 N–H and O–H groups in total. The summed E-state index contributed by atoms with van der Waals surface area (Å²) in [7, 11) is 0.